The molecule has 0 radical (unpaired) electrons. The highest BCUT2D eigenvalue weighted by atomic mass is 16.6. The fourth-order valence-corrected chi connectivity index (χ4v) is 2.08. The van der Waals surface area contributed by atoms with Crippen molar-refractivity contribution in [1.29, 1.82) is 0 Å². The van der Waals surface area contributed by atoms with E-state index in [2.05, 4.69) is 15.5 Å². The van der Waals surface area contributed by atoms with Gasteiger partial charge < -0.3 is 5.11 Å². The Morgan fingerprint density at radius 3 is 2.74 bits per heavy atom. The van der Waals surface area contributed by atoms with E-state index in [1.807, 2.05) is 30.3 Å². The molecule has 0 saturated heterocycles. The molecule has 0 spiro atoms. The lowest BCUT2D eigenvalue weighted by molar-refractivity contribution is -0.398. The lowest BCUT2D eigenvalue weighted by Gasteiger charge is -2.09. The number of hydrogen-bond donors (Lipinski definition) is 1. The molecule has 23 heavy (non-hydrogen) atoms. The van der Waals surface area contributed by atoms with Gasteiger partial charge in [0.15, 0.2) is 0 Å². The zero-order chi connectivity index (χ0) is 16.2. The molecule has 3 aromatic rings. The number of nitro groups is 1. The number of para-hydroxylation sites is 2. The second-order valence-electron chi connectivity index (χ2n) is 4.71. The number of pyridine rings is 1. The first kappa shape index (κ1) is 14.5. The van der Waals surface area contributed by atoms with Crippen LogP contribution in [0.5, 0.6) is 5.75 Å². The number of anilines is 1. The van der Waals surface area contributed by atoms with Gasteiger partial charge in [-0.1, -0.05) is 30.3 Å². The molecule has 114 valence electrons. The summed E-state index contributed by atoms with van der Waals surface area (Å²) in [5.74, 6) is -0.160. The van der Waals surface area contributed by atoms with Crippen LogP contribution >= 0.6 is 0 Å². The Kier molecular flexibility index (Phi) is 3.84. The van der Waals surface area contributed by atoms with Crippen molar-refractivity contribution in [3.05, 3.63) is 70.3 Å². The molecule has 0 aliphatic carbocycles. The molecule has 1 heterocycles. The number of aromatic nitrogens is 1. The lowest BCUT2D eigenvalue weighted by atomic mass is 10.2. The molecule has 7 nitrogen and oxygen atoms in total. The zero-order valence-electron chi connectivity index (χ0n) is 11.8. The van der Waals surface area contributed by atoms with Crippen molar-refractivity contribution in [2.75, 3.05) is 5.43 Å². The normalized spacial score (nSPS) is 11.0. The summed E-state index contributed by atoms with van der Waals surface area (Å²) < 4.78 is 0. The van der Waals surface area contributed by atoms with E-state index < -0.39 is 16.4 Å². The smallest absolute Gasteiger partial charge is 0.262 e. The number of nitrogens with one attached hydrogen (secondary N) is 1. The van der Waals surface area contributed by atoms with Crippen LogP contribution in [0.1, 0.15) is 5.56 Å². The zero-order valence-corrected chi connectivity index (χ0v) is 11.8. The largest absolute Gasteiger partial charge is 0.867 e. The quantitative estimate of drug-likeness (QED) is 0.453. The third-order valence-electron chi connectivity index (χ3n) is 3.20. The van der Waals surface area contributed by atoms with Gasteiger partial charge in [-0.05, 0) is 29.5 Å². The van der Waals surface area contributed by atoms with Crippen molar-refractivity contribution >= 4 is 28.6 Å². The topological polar surface area (TPSA) is 103 Å². The molecule has 0 bridgehead atoms. The van der Waals surface area contributed by atoms with Crippen LogP contribution in [-0.4, -0.2) is 16.1 Å². The Balaban J connectivity index is 1.80. The maximum atomic E-state index is 11.9. The van der Waals surface area contributed by atoms with Crippen LogP contribution in [0.4, 0.5) is 11.5 Å². The van der Waals surface area contributed by atoms with Crippen molar-refractivity contribution in [3.63, 3.8) is 0 Å². The molecule has 0 aliphatic heterocycles. The second-order valence-corrected chi connectivity index (χ2v) is 4.71. The van der Waals surface area contributed by atoms with Crippen LogP contribution in [0.15, 0.2) is 59.7 Å². The summed E-state index contributed by atoms with van der Waals surface area (Å²) in [6.07, 6.45) is 1.24. The lowest BCUT2D eigenvalue weighted by Crippen LogP contribution is -2.02. The molecule has 7 heteroatoms. The summed E-state index contributed by atoms with van der Waals surface area (Å²) in [7, 11) is 0. The van der Waals surface area contributed by atoms with Crippen LogP contribution in [-0.2, 0) is 0 Å². The highest BCUT2D eigenvalue weighted by Crippen LogP contribution is 2.25. The molecule has 0 aliphatic rings. The van der Waals surface area contributed by atoms with Crippen molar-refractivity contribution in [3.8, 4) is 5.75 Å². The van der Waals surface area contributed by atoms with Gasteiger partial charge >= 0.3 is 0 Å². The highest BCUT2D eigenvalue weighted by molar-refractivity contribution is 5.86. The van der Waals surface area contributed by atoms with E-state index in [0.717, 1.165) is 17.0 Å². The van der Waals surface area contributed by atoms with Gasteiger partial charge in [0, 0.05) is 11.5 Å². The monoisotopic (exact) mass is 307 g/mol. The minimum atomic E-state index is -0.710. The summed E-state index contributed by atoms with van der Waals surface area (Å²) in [5, 5.41) is 27.5. The minimum absolute atomic E-state index is 0.132. The van der Waals surface area contributed by atoms with E-state index in [9.17, 15) is 15.2 Å². The van der Waals surface area contributed by atoms with Gasteiger partial charge in [0.25, 0.3) is 5.69 Å². The van der Waals surface area contributed by atoms with Crippen LogP contribution in [0.25, 0.3) is 10.9 Å². The van der Waals surface area contributed by atoms with Gasteiger partial charge in [-0.15, -0.1) is 0 Å². The number of fused-ring (bicyclic) bond motifs is 1. The van der Waals surface area contributed by atoms with E-state index in [-0.39, 0.29) is 5.56 Å². The summed E-state index contributed by atoms with van der Waals surface area (Å²) in [6, 6.07) is 15.4. The number of rotatable bonds is 4. The molecule has 3 rings (SSSR count). The number of hydrogen-bond acceptors (Lipinski definition) is 6. The first-order valence-corrected chi connectivity index (χ1v) is 6.74. The average molecular weight is 307 g/mol. The van der Waals surface area contributed by atoms with E-state index in [1.54, 1.807) is 6.07 Å². The van der Waals surface area contributed by atoms with Crippen LogP contribution < -0.4 is 10.5 Å². The Morgan fingerprint density at radius 1 is 1.09 bits per heavy atom. The van der Waals surface area contributed by atoms with Crippen LogP contribution in [0.3, 0.4) is 0 Å². The summed E-state index contributed by atoms with van der Waals surface area (Å²) >= 11 is 0. The molecule has 2 aromatic carbocycles. The number of nitrogens with zero attached hydrogens (tertiary/aromatic N) is 3. The molecular formula is C16H11N4O3-. The molecule has 0 unspecified atom stereocenters. The van der Waals surface area contributed by atoms with Crippen molar-refractivity contribution in [2.24, 2.45) is 5.10 Å². The minimum Gasteiger partial charge on any atom is -0.867 e. The maximum Gasteiger partial charge on any atom is 0.262 e. The summed E-state index contributed by atoms with van der Waals surface area (Å²) in [4.78, 5) is 14.4. The number of benzene rings is 2. The van der Waals surface area contributed by atoms with Crippen molar-refractivity contribution < 1.29 is 10.0 Å². The molecule has 1 aromatic heterocycles. The van der Waals surface area contributed by atoms with Gasteiger partial charge in [-0.25, -0.2) is 4.98 Å². The summed E-state index contributed by atoms with van der Waals surface area (Å²) in [6.45, 7) is 0. The Bertz CT molecular complexity index is 909. The molecule has 0 fully saturated rings. The molecule has 0 atom stereocenters. The Morgan fingerprint density at radius 2 is 1.91 bits per heavy atom. The van der Waals surface area contributed by atoms with Gasteiger partial charge in [0.2, 0.25) is 0 Å². The first-order valence-electron chi connectivity index (χ1n) is 6.74. The molecule has 1 N–H and O–H groups in total. The van der Waals surface area contributed by atoms with Gasteiger partial charge in [-0.3, -0.25) is 15.5 Å². The average Bonchev–Trinajstić information content (AvgIpc) is 2.56. The Labute approximate surface area is 131 Å². The van der Waals surface area contributed by atoms with E-state index in [4.69, 9.17) is 0 Å². The summed E-state index contributed by atoms with van der Waals surface area (Å²) in [5.41, 5.74) is 3.18. The highest BCUT2D eigenvalue weighted by Gasteiger charge is 2.07. The van der Waals surface area contributed by atoms with Gasteiger partial charge in [-0.2, -0.15) is 5.10 Å². The molecule has 0 saturated carbocycles. The van der Waals surface area contributed by atoms with Crippen molar-refractivity contribution in [1.82, 2.24) is 4.98 Å². The van der Waals surface area contributed by atoms with E-state index in [1.165, 1.54) is 18.3 Å². The van der Waals surface area contributed by atoms with E-state index in [0.29, 0.717) is 5.82 Å². The fraction of sp³-hybridized carbons (Fsp3) is 0. The van der Waals surface area contributed by atoms with E-state index >= 15 is 0 Å². The predicted molar refractivity (Wildman–Crippen MR) is 85.5 cm³/mol. The van der Waals surface area contributed by atoms with Crippen LogP contribution in [0, 0.1) is 10.1 Å². The SMILES string of the molecule is O=[N+]([O-])c1cccc(/C=N\Nc2ccc3ccccc3n2)c1[O-]. The third-order valence-corrected chi connectivity index (χ3v) is 3.20. The third kappa shape index (κ3) is 3.08. The standard InChI is InChI=1S/C16H12N4O3/c21-16-12(5-3-7-14(16)20(22)23)10-17-19-15-9-8-11-4-1-2-6-13(11)18-15/h1-10,21H,(H,18,19)/p-1/b17-10-. The van der Waals surface area contributed by atoms with Crippen LogP contribution in [0.2, 0.25) is 0 Å². The maximum absolute atomic E-state index is 11.9. The Hall–Kier alpha value is -3.48. The fourth-order valence-electron chi connectivity index (χ4n) is 2.08. The van der Waals surface area contributed by atoms with Crippen molar-refractivity contribution in [2.45, 2.75) is 0 Å². The molecular weight excluding hydrogens is 296 g/mol. The predicted octanol–water partition coefficient (Wildman–Crippen LogP) is 2.66. The number of nitro benzene ring substituents is 1. The number of hydrazone groups is 1. The first-order chi connectivity index (χ1) is 11.1. The van der Waals surface area contributed by atoms with Gasteiger partial charge in [0.05, 0.1) is 16.7 Å². The second kappa shape index (κ2) is 6.10. The molecule has 0 amide bonds. The van der Waals surface area contributed by atoms with Gasteiger partial charge in [0.1, 0.15) is 5.82 Å².